The molecule has 0 spiro atoms. The highest BCUT2D eigenvalue weighted by atomic mass is 31.1. The lowest BCUT2D eigenvalue weighted by Gasteiger charge is -2.24. The maximum atomic E-state index is 6.46. The van der Waals surface area contributed by atoms with Crippen LogP contribution < -0.4 is 25.4 Å². The second-order valence-corrected chi connectivity index (χ2v) is 12.8. The smallest absolute Gasteiger partial charge is 0.242 e. The lowest BCUT2D eigenvalue weighted by atomic mass is 9.98. The van der Waals surface area contributed by atoms with E-state index in [9.17, 15) is 0 Å². The molecule has 214 valence electrons. The molecule has 1 atom stereocenters. The quantitative estimate of drug-likeness (QED) is 0.167. The van der Waals surface area contributed by atoms with Gasteiger partial charge in [0, 0.05) is 16.3 Å². The van der Waals surface area contributed by atoms with Gasteiger partial charge in [-0.2, -0.15) is 0 Å². The van der Waals surface area contributed by atoms with Crippen molar-refractivity contribution < 1.29 is 9.47 Å². The van der Waals surface area contributed by atoms with Crippen LogP contribution in [-0.2, 0) is 0 Å². The van der Waals surface area contributed by atoms with Gasteiger partial charge in [0.15, 0.2) is 0 Å². The summed E-state index contributed by atoms with van der Waals surface area (Å²) in [5.41, 5.74) is 2.97. The minimum atomic E-state index is -0.925. The van der Waals surface area contributed by atoms with Gasteiger partial charge in [-0.15, -0.1) is 10.2 Å². The van der Waals surface area contributed by atoms with Gasteiger partial charge in [0.05, 0.1) is 7.11 Å². The van der Waals surface area contributed by atoms with Crippen molar-refractivity contribution in [3.05, 3.63) is 151 Å². The summed E-state index contributed by atoms with van der Waals surface area (Å²) >= 11 is 0. The lowest BCUT2D eigenvalue weighted by Crippen LogP contribution is -2.22. The van der Waals surface area contributed by atoms with Crippen LogP contribution >= 0.6 is 7.92 Å². The molecule has 0 aliphatic heterocycles. The number of aromatic nitrogens is 2. The van der Waals surface area contributed by atoms with E-state index in [1.165, 1.54) is 15.9 Å². The topological polar surface area (TPSA) is 44.2 Å². The van der Waals surface area contributed by atoms with Gasteiger partial charge in [-0.1, -0.05) is 127 Å². The van der Waals surface area contributed by atoms with Gasteiger partial charge >= 0.3 is 0 Å². The number of nitrogens with zero attached hydrogens (tertiary/aromatic N) is 2. The molecule has 0 radical (unpaired) electrons. The van der Waals surface area contributed by atoms with Crippen molar-refractivity contribution in [2.75, 3.05) is 7.11 Å². The summed E-state index contributed by atoms with van der Waals surface area (Å²) in [6.07, 6.45) is -0.180. The third-order valence-electron chi connectivity index (χ3n) is 7.92. The van der Waals surface area contributed by atoms with Crippen LogP contribution in [0.2, 0.25) is 0 Å². The van der Waals surface area contributed by atoms with Crippen LogP contribution in [0, 0.1) is 0 Å². The molecule has 0 unspecified atom stereocenters. The van der Waals surface area contributed by atoms with Crippen LogP contribution in [-0.4, -0.2) is 17.3 Å². The molecule has 0 bridgehead atoms. The Bertz CT molecular complexity index is 2010. The molecule has 0 aliphatic rings. The fourth-order valence-corrected chi connectivity index (χ4v) is 8.21. The predicted octanol–water partition coefficient (Wildman–Crippen LogP) is 8.36. The molecule has 1 heterocycles. The molecule has 7 rings (SSSR count). The van der Waals surface area contributed by atoms with E-state index < -0.39 is 7.92 Å². The standard InChI is InChI=1S/C39H31N2O2P/c1-27(28-14-6-3-7-15-28)43-39-34-21-13-12-20-33(34)38(40-41-39)37-35-26-30(42-2)24-22-29(35)23-25-36(37)44(31-16-8-4-9-17-31)32-18-10-5-11-19-32/h3-27H,1-2H3/t27-/m1/s1. The van der Waals surface area contributed by atoms with Gasteiger partial charge in [-0.3, -0.25) is 0 Å². The van der Waals surface area contributed by atoms with E-state index >= 15 is 0 Å². The molecule has 0 aliphatic carbocycles. The summed E-state index contributed by atoms with van der Waals surface area (Å²) in [5.74, 6) is 1.32. The summed E-state index contributed by atoms with van der Waals surface area (Å²) in [6.45, 7) is 2.04. The number of ether oxygens (including phenoxy) is 2. The van der Waals surface area contributed by atoms with Crippen molar-refractivity contribution in [2.45, 2.75) is 13.0 Å². The Morgan fingerprint density at radius 2 is 1.18 bits per heavy atom. The molecule has 1 aromatic heterocycles. The highest BCUT2D eigenvalue weighted by Gasteiger charge is 2.25. The Balaban J connectivity index is 1.49. The molecule has 0 saturated carbocycles. The molecule has 7 aromatic rings. The van der Waals surface area contributed by atoms with Crippen LogP contribution in [0.3, 0.4) is 0 Å². The fraction of sp³-hybridized carbons (Fsp3) is 0.0769. The number of fused-ring (bicyclic) bond motifs is 2. The highest BCUT2D eigenvalue weighted by Crippen LogP contribution is 2.43. The molecule has 44 heavy (non-hydrogen) atoms. The van der Waals surface area contributed by atoms with Gasteiger partial charge in [0.2, 0.25) is 5.88 Å². The van der Waals surface area contributed by atoms with Gasteiger partial charge in [0.25, 0.3) is 0 Å². The van der Waals surface area contributed by atoms with Crippen LogP contribution in [0.15, 0.2) is 146 Å². The van der Waals surface area contributed by atoms with Crippen molar-refractivity contribution in [1.82, 2.24) is 10.2 Å². The van der Waals surface area contributed by atoms with Crippen LogP contribution in [0.25, 0.3) is 32.8 Å². The largest absolute Gasteiger partial charge is 0.497 e. The Morgan fingerprint density at radius 1 is 0.591 bits per heavy atom. The normalized spacial score (nSPS) is 12.0. The van der Waals surface area contributed by atoms with Gasteiger partial charge in [-0.05, 0) is 65.3 Å². The average Bonchev–Trinajstić information content (AvgIpc) is 3.09. The number of rotatable bonds is 8. The van der Waals surface area contributed by atoms with Crippen molar-refractivity contribution in [3.63, 3.8) is 0 Å². The number of hydrogen-bond donors (Lipinski definition) is 0. The lowest BCUT2D eigenvalue weighted by molar-refractivity contribution is 0.218. The SMILES string of the molecule is COc1ccc2ccc(P(c3ccccc3)c3ccccc3)c(-c3nnc(O[C@H](C)c4ccccc4)c4ccccc34)c2c1. The Kier molecular flexibility index (Phi) is 7.75. The summed E-state index contributed by atoms with van der Waals surface area (Å²) in [6, 6.07) is 50.7. The zero-order valence-electron chi connectivity index (χ0n) is 24.6. The second kappa shape index (κ2) is 12.3. The zero-order chi connectivity index (χ0) is 29.9. The molecule has 0 N–H and O–H groups in total. The van der Waals surface area contributed by atoms with E-state index in [2.05, 4.69) is 115 Å². The molecule has 4 nitrogen and oxygen atoms in total. The molecule has 5 heteroatoms. The summed E-state index contributed by atoms with van der Waals surface area (Å²) < 4.78 is 12.2. The van der Waals surface area contributed by atoms with E-state index in [-0.39, 0.29) is 6.10 Å². The number of hydrogen-bond acceptors (Lipinski definition) is 4. The van der Waals surface area contributed by atoms with Gasteiger partial charge in [0.1, 0.15) is 17.5 Å². The molecule has 0 fully saturated rings. The molecular weight excluding hydrogens is 559 g/mol. The first-order chi connectivity index (χ1) is 21.7. The molecule has 0 saturated heterocycles. The van der Waals surface area contributed by atoms with Crippen molar-refractivity contribution >= 4 is 45.4 Å². The zero-order valence-corrected chi connectivity index (χ0v) is 25.5. The minimum absolute atomic E-state index is 0.180. The van der Waals surface area contributed by atoms with Crippen molar-refractivity contribution in [3.8, 4) is 22.9 Å². The third kappa shape index (κ3) is 5.30. The first kappa shape index (κ1) is 27.8. The van der Waals surface area contributed by atoms with Gasteiger partial charge in [-0.25, -0.2) is 0 Å². The van der Waals surface area contributed by atoms with E-state index in [1.54, 1.807) is 7.11 Å². The van der Waals surface area contributed by atoms with Crippen molar-refractivity contribution in [2.24, 2.45) is 0 Å². The fourth-order valence-electron chi connectivity index (χ4n) is 5.74. The summed E-state index contributed by atoms with van der Waals surface area (Å²) in [7, 11) is 0.784. The van der Waals surface area contributed by atoms with Crippen LogP contribution in [0.1, 0.15) is 18.6 Å². The molecular formula is C39H31N2O2P. The predicted molar refractivity (Wildman–Crippen MR) is 183 cm³/mol. The second-order valence-electron chi connectivity index (χ2n) is 10.6. The molecule has 0 amide bonds. The van der Waals surface area contributed by atoms with Crippen LogP contribution in [0.4, 0.5) is 0 Å². The summed E-state index contributed by atoms with van der Waals surface area (Å²) in [4.78, 5) is 0. The summed E-state index contributed by atoms with van der Waals surface area (Å²) in [5, 5.41) is 17.6. The first-order valence-corrected chi connectivity index (χ1v) is 16.0. The highest BCUT2D eigenvalue weighted by molar-refractivity contribution is 7.80. The van der Waals surface area contributed by atoms with E-state index in [4.69, 9.17) is 19.7 Å². The number of methoxy groups -OCH3 is 1. The minimum Gasteiger partial charge on any atom is -0.497 e. The van der Waals surface area contributed by atoms with Gasteiger partial charge < -0.3 is 9.47 Å². The average molecular weight is 591 g/mol. The number of benzene rings is 6. The molecule has 6 aromatic carbocycles. The van der Waals surface area contributed by atoms with Crippen molar-refractivity contribution in [1.29, 1.82) is 0 Å². The third-order valence-corrected chi connectivity index (χ3v) is 10.4. The Labute approximate surface area is 258 Å². The maximum absolute atomic E-state index is 6.46. The van der Waals surface area contributed by atoms with E-state index in [0.29, 0.717) is 5.88 Å². The first-order valence-electron chi connectivity index (χ1n) is 14.7. The van der Waals surface area contributed by atoms with E-state index in [1.807, 2.05) is 37.3 Å². The van der Waals surface area contributed by atoms with Crippen LogP contribution in [0.5, 0.6) is 11.6 Å². The van der Waals surface area contributed by atoms with E-state index in [0.717, 1.165) is 44.1 Å². The Morgan fingerprint density at radius 3 is 1.84 bits per heavy atom. The maximum Gasteiger partial charge on any atom is 0.242 e. The Hall–Kier alpha value is -5.05. The monoisotopic (exact) mass is 590 g/mol.